The number of nitrogen functional groups attached to an aromatic ring is 1. The zero-order valence-electron chi connectivity index (χ0n) is 9.51. The molecule has 4 heteroatoms. The molecule has 2 aromatic carbocycles. The van der Waals surface area contributed by atoms with Crippen molar-refractivity contribution in [2.75, 3.05) is 11.1 Å². The molecule has 0 amide bonds. The first-order chi connectivity index (χ1) is 8.74. The van der Waals surface area contributed by atoms with Gasteiger partial charge in [-0.05, 0) is 24.3 Å². The van der Waals surface area contributed by atoms with Crippen molar-refractivity contribution in [2.45, 2.75) is 0 Å². The Morgan fingerprint density at radius 3 is 2.17 bits per heavy atom. The van der Waals surface area contributed by atoms with Crippen LogP contribution >= 0.6 is 0 Å². The number of para-hydroxylation sites is 1. The second-order valence-corrected chi connectivity index (χ2v) is 3.64. The van der Waals surface area contributed by atoms with Crippen molar-refractivity contribution in [1.82, 2.24) is 0 Å². The highest BCUT2D eigenvalue weighted by Gasteiger charge is 2.08. The van der Waals surface area contributed by atoms with Crippen molar-refractivity contribution in [3.8, 4) is 0 Å². The molecule has 0 fully saturated rings. The lowest BCUT2D eigenvalue weighted by atomic mass is 10.2. The molecule has 18 heavy (non-hydrogen) atoms. The van der Waals surface area contributed by atoms with Crippen LogP contribution in [0.1, 0.15) is 0 Å². The number of anilines is 3. The van der Waals surface area contributed by atoms with Gasteiger partial charge in [0.05, 0.1) is 13.1 Å². The van der Waals surface area contributed by atoms with Crippen LogP contribution in [0.15, 0.2) is 42.5 Å². The molecule has 2 aromatic rings. The Morgan fingerprint density at radius 2 is 1.56 bits per heavy atom. The van der Waals surface area contributed by atoms with Crippen LogP contribution in [0.3, 0.4) is 0 Å². The summed E-state index contributed by atoms with van der Waals surface area (Å²) in [6.45, 7) is 14.0. The lowest BCUT2D eigenvalue weighted by Gasteiger charge is -2.10. The van der Waals surface area contributed by atoms with Gasteiger partial charge in [-0.1, -0.05) is 18.2 Å². The molecule has 0 heterocycles. The molecule has 0 atom stereocenters. The van der Waals surface area contributed by atoms with E-state index in [0.717, 1.165) is 5.69 Å². The Morgan fingerprint density at radius 1 is 0.944 bits per heavy atom. The molecule has 0 radical (unpaired) electrons. The zero-order chi connectivity index (χ0) is 13.0. The van der Waals surface area contributed by atoms with Gasteiger partial charge in [-0.2, -0.15) is 0 Å². The fourth-order valence-corrected chi connectivity index (χ4v) is 1.56. The molecule has 86 valence electrons. The SMILES string of the molecule is [C-]#[N+]c1cc(N)c(Nc2ccccc2)cc1[N+]#[C-]. The highest BCUT2D eigenvalue weighted by Crippen LogP contribution is 2.36. The van der Waals surface area contributed by atoms with Gasteiger partial charge in [0.25, 0.3) is 0 Å². The normalized spacial score (nSPS) is 9.22. The van der Waals surface area contributed by atoms with E-state index in [1.807, 2.05) is 30.3 Å². The van der Waals surface area contributed by atoms with E-state index in [1.165, 1.54) is 6.07 Å². The fourth-order valence-electron chi connectivity index (χ4n) is 1.56. The van der Waals surface area contributed by atoms with Gasteiger partial charge in [-0.15, -0.1) is 0 Å². The number of hydrogen-bond donors (Lipinski definition) is 2. The summed E-state index contributed by atoms with van der Waals surface area (Å²) in [5.74, 6) is 0. The summed E-state index contributed by atoms with van der Waals surface area (Å²) in [5, 5.41) is 3.13. The van der Waals surface area contributed by atoms with Crippen LogP contribution in [0, 0.1) is 13.1 Å². The molecular weight excluding hydrogens is 224 g/mol. The summed E-state index contributed by atoms with van der Waals surface area (Å²) in [6.07, 6.45) is 0. The molecule has 4 nitrogen and oxygen atoms in total. The van der Waals surface area contributed by atoms with Crippen LogP contribution in [0.2, 0.25) is 0 Å². The average molecular weight is 234 g/mol. The van der Waals surface area contributed by atoms with Crippen LogP contribution in [-0.2, 0) is 0 Å². The quantitative estimate of drug-likeness (QED) is 0.606. The van der Waals surface area contributed by atoms with Crippen molar-refractivity contribution in [3.63, 3.8) is 0 Å². The largest absolute Gasteiger partial charge is 0.398 e. The highest BCUT2D eigenvalue weighted by atomic mass is 14.9. The maximum absolute atomic E-state index is 7.05. The molecule has 0 bridgehead atoms. The van der Waals surface area contributed by atoms with E-state index in [-0.39, 0.29) is 5.69 Å². The van der Waals surface area contributed by atoms with Crippen LogP contribution in [0.5, 0.6) is 0 Å². The van der Waals surface area contributed by atoms with E-state index in [1.54, 1.807) is 6.07 Å². The third-order valence-electron chi connectivity index (χ3n) is 2.44. The monoisotopic (exact) mass is 234 g/mol. The standard InChI is InChI=1S/C14H10N4/c1-16-13-8-11(15)12(9-14(13)17-2)18-10-6-4-3-5-7-10/h3-9,18H,15H2. The van der Waals surface area contributed by atoms with Gasteiger partial charge in [0, 0.05) is 17.1 Å². The summed E-state index contributed by atoms with van der Waals surface area (Å²) >= 11 is 0. The molecule has 0 aliphatic rings. The first-order valence-electron chi connectivity index (χ1n) is 5.25. The first-order valence-corrected chi connectivity index (χ1v) is 5.25. The van der Waals surface area contributed by atoms with Gasteiger partial charge in [-0.25, -0.2) is 0 Å². The minimum Gasteiger partial charge on any atom is -0.398 e. The maximum Gasteiger partial charge on any atom is 0.196 e. The molecule has 0 saturated carbocycles. The molecule has 0 aliphatic heterocycles. The van der Waals surface area contributed by atoms with Gasteiger partial charge >= 0.3 is 0 Å². The van der Waals surface area contributed by atoms with E-state index >= 15 is 0 Å². The predicted molar refractivity (Wildman–Crippen MR) is 73.1 cm³/mol. The molecular formula is C14H10N4. The predicted octanol–water partition coefficient (Wildman–Crippen LogP) is 4.11. The molecule has 3 N–H and O–H groups in total. The molecule has 0 spiro atoms. The molecule has 0 saturated heterocycles. The lowest BCUT2D eigenvalue weighted by Crippen LogP contribution is -1.95. The summed E-state index contributed by atoms with van der Waals surface area (Å²) in [5.41, 5.74) is 8.42. The molecule has 2 rings (SSSR count). The second kappa shape index (κ2) is 4.90. The van der Waals surface area contributed by atoms with E-state index in [0.29, 0.717) is 17.1 Å². The number of hydrogen-bond acceptors (Lipinski definition) is 2. The third kappa shape index (κ3) is 2.23. The number of nitrogens with zero attached hydrogens (tertiary/aromatic N) is 2. The lowest BCUT2D eigenvalue weighted by molar-refractivity contribution is 1.55. The summed E-state index contributed by atoms with van der Waals surface area (Å²) < 4.78 is 0. The summed E-state index contributed by atoms with van der Waals surface area (Å²) in [4.78, 5) is 6.60. The van der Waals surface area contributed by atoms with Crippen LogP contribution in [0.4, 0.5) is 28.4 Å². The van der Waals surface area contributed by atoms with E-state index in [9.17, 15) is 0 Å². The molecule has 0 aliphatic carbocycles. The number of rotatable bonds is 2. The Balaban J connectivity index is 2.41. The van der Waals surface area contributed by atoms with E-state index in [4.69, 9.17) is 18.9 Å². The first kappa shape index (κ1) is 11.5. The second-order valence-electron chi connectivity index (χ2n) is 3.64. The van der Waals surface area contributed by atoms with Crippen LogP contribution in [-0.4, -0.2) is 0 Å². The van der Waals surface area contributed by atoms with Gasteiger partial charge in [-0.3, -0.25) is 9.69 Å². The van der Waals surface area contributed by atoms with Gasteiger partial charge in [0.15, 0.2) is 11.4 Å². The third-order valence-corrected chi connectivity index (χ3v) is 2.44. The van der Waals surface area contributed by atoms with Crippen LogP contribution < -0.4 is 11.1 Å². The number of nitrogens with one attached hydrogen (secondary N) is 1. The number of benzene rings is 2. The topological polar surface area (TPSA) is 46.8 Å². The van der Waals surface area contributed by atoms with Crippen molar-refractivity contribution >= 4 is 28.4 Å². The Kier molecular flexibility index (Phi) is 3.13. The summed E-state index contributed by atoms with van der Waals surface area (Å²) in [7, 11) is 0. The fraction of sp³-hybridized carbons (Fsp3) is 0. The van der Waals surface area contributed by atoms with Gasteiger partial charge < -0.3 is 11.1 Å². The summed E-state index contributed by atoms with van der Waals surface area (Å²) in [6, 6.07) is 12.7. The average Bonchev–Trinajstić information content (AvgIpc) is 2.41. The Bertz CT molecular complexity index is 648. The zero-order valence-corrected chi connectivity index (χ0v) is 9.51. The molecule has 0 aromatic heterocycles. The van der Waals surface area contributed by atoms with Crippen molar-refractivity contribution in [1.29, 1.82) is 0 Å². The van der Waals surface area contributed by atoms with Crippen molar-refractivity contribution in [3.05, 3.63) is 65.3 Å². The van der Waals surface area contributed by atoms with Crippen molar-refractivity contribution < 1.29 is 0 Å². The molecule has 0 unspecified atom stereocenters. The van der Waals surface area contributed by atoms with E-state index in [2.05, 4.69) is 15.0 Å². The van der Waals surface area contributed by atoms with Crippen molar-refractivity contribution in [2.24, 2.45) is 0 Å². The Hall–Kier alpha value is -2.98. The minimum absolute atomic E-state index is 0.279. The van der Waals surface area contributed by atoms with Crippen LogP contribution in [0.25, 0.3) is 9.69 Å². The Labute approximate surface area is 105 Å². The maximum atomic E-state index is 7.05. The smallest absolute Gasteiger partial charge is 0.196 e. The van der Waals surface area contributed by atoms with Gasteiger partial charge in [0.1, 0.15) is 0 Å². The van der Waals surface area contributed by atoms with E-state index < -0.39 is 0 Å². The minimum atomic E-state index is 0.279. The van der Waals surface area contributed by atoms with Gasteiger partial charge in [0.2, 0.25) is 0 Å². The number of nitrogens with two attached hydrogens (primary N) is 1. The highest BCUT2D eigenvalue weighted by molar-refractivity contribution is 5.85.